The Morgan fingerprint density at radius 1 is 1.75 bits per heavy atom. The lowest BCUT2D eigenvalue weighted by atomic mass is 10.5. The summed E-state index contributed by atoms with van der Waals surface area (Å²) >= 11 is 7.91. The van der Waals surface area contributed by atoms with Crippen LogP contribution in [0.25, 0.3) is 0 Å². The summed E-state index contributed by atoms with van der Waals surface area (Å²) in [6.07, 6.45) is 0. The van der Waals surface area contributed by atoms with Gasteiger partial charge in [-0.25, -0.2) is 0 Å². The van der Waals surface area contributed by atoms with Gasteiger partial charge in [-0.05, 0) is 12.6 Å². The predicted octanol–water partition coefficient (Wildman–Crippen LogP) is 1.52. The minimum Gasteiger partial charge on any atom is -0.281 e. The first-order valence-corrected chi connectivity index (χ1v) is 4.82. The van der Waals surface area contributed by atoms with Crippen molar-refractivity contribution >= 4 is 41.3 Å². The van der Waals surface area contributed by atoms with E-state index in [0.717, 1.165) is 10.8 Å². The molecule has 45 valence electrons. The van der Waals surface area contributed by atoms with Crippen LogP contribution in [0.4, 0.5) is 0 Å². The molecule has 1 aliphatic heterocycles. The quantitative estimate of drug-likeness (QED) is 0.586. The van der Waals surface area contributed by atoms with E-state index >= 15 is 0 Å². The van der Waals surface area contributed by atoms with Gasteiger partial charge in [0.05, 0.1) is 5.25 Å². The van der Waals surface area contributed by atoms with Crippen LogP contribution >= 0.6 is 36.2 Å². The van der Waals surface area contributed by atoms with Gasteiger partial charge in [0.15, 0.2) is 0 Å². The molecule has 1 nitrogen and oxygen atoms in total. The lowest BCUT2D eigenvalue weighted by Gasteiger charge is -1.95. The summed E-state index contributed by atoms with van der Waals surface area (Å²) in [7, 11) is 0. The van der Waals surface area contributed by atoms with Crippen molar-refractivity contribution in [3.63, 3.8) is 0 Å². The number of hydrogen-bond donors (Lipinski definition) is 0. The molecule has 1 radical (unpaired) electrons. The Hall–Kier alpha value is 0.590. The maximum Gasteiger partial charge on any atom is 0.232 e. The molecular weight excluding hydrogens is 160 g/mol. The Morgan fingerprint density at radius 3 is 2.75 bits per heavy atom. The minimum absolute atomic E-state index is 0.0833. The molecule has 0 amide bonds. The normalized spacial score (nSPS) is 28.2. The Bertz CT molecular complexity index is 97.5. The van der Waals surface area contributed by atoms with Gasteiger partial charge in [0.2, 0.25) is 5.12 Å². The molecule has 0 saturated carbocycles. The maximum absolute atomic E-state index is 10.4. The molecule has 4 heteroatoms. The van der Waals surface area contributed by atoms with Crippen LogP contribution in [0.2, 0.25) is 0 Å². The van der Waals surface area contributed by atoms with Gasteiger partial charge in [0.1, 0.15) is 0 Å². The zero-order valence-corrected chi connectivity index (χ0v) is 6.57. The molecule has 1 aliphatic rings. The molecule has 0 aliphatic carbocycles. The van der Waals surface area contributed by atoms with Crippen LogP contribution in [0, 0.1) is 0 Å². The monoisotopic (exact) mass is 165 g/mol. The van der Waals surface area contributed by atoms with Crippen LogP contribution in [0.5, 0.6) is 0 Å². The highest BCUT2D eigenvalue weighted by Crippen LogP contribution is 2.30. The number of hydrogen-bond acceptors (Lipinski definition) is 3. The number of carbonyl (C=O) groups is 1. The van der Waals surface area contributed by atoms with E-state index in [0.29, 0.717) is 0 Å². The summed E-state index contributed by atoms with van der Waals surface area (Å²) in [6.45, 7) is 0. The Balaban J connectivity index is 2.35. The summed E-state index contributed by atoms with van der Waals surface area (Å²) in [5, 5.41) is 1.07. The smallest absolute Gasteiger partial charge is 0.232 e. The van der Waals surface area contributed by atoms with Crippen molar-refractivity contribution in [2.45, 2.75) is 5.25 Å². The SMILES string of the molecule is O=C([S])C1CSCS1. The average molecular weight is 165 g/mol. The van der Waals surface area contributed by atoms with Gasteiger partial charge >= 0.3 is 0 Å². The van der Waals surface area contributed by atoms with E-state index < -0.39 is 0 Å². The van der Waals surface area contributed by atoms with Gasteiger partial charge in [-0.15, -0.1) is 23.5 Å². The molecule has 0 aromatic carbocycles. The minimum atomic E-state index is -0.0833. The average Bonchev–Trinajstić information content (AvgIpc) is 2.12. The van der Waals surface area contributed by atoms with E-state index in [9.17, 15) is 4.79 Å². The molecule has 0 bridgehead atoms. The third kappa shape index (κ3) is 1.53. The molecule has 1 heterocycles. The summed E-state index contributed by atoms with van der Waals surface area (Å²) in [5.41, 5.74) is 0. The van der Waals surface area contributed by atoms with Crippen molar-refractivity contribution < 1.29 is 4.79 Å². The summed E-state index contributed by atoms with van der Waals surface area (Å²) < 4.78 is 0. The molecule has 0 spiro atoms. The summed E-state index contributed by atoms with van der Waals surface area (Å²) in [5.74, 6) is 0.924. The molecule has 0 aromatic rings. The Kier molecular flexibility index (Phi) is 2.46. The summed E-state index contributed by atoms with van der Waals surface area (Å²) in [4.78, 5) is 10.4. The first kappa shape index (κ1) is 6.71. The van der Waals surface area contributed by atoms with E-state index in [1.165, 1.54) is 0 Å². The molecule has 0 N–H and O–H groups in total. The van der Waals surface area contributed by atoms with Crippen LogP contribution in [0.1, 0.15) is 0 Å². The fourth-order valence-electron chi connectivity index (χ4n) is 0.470. The standard InChI is InChI=1S/C4H5OS3/c5-4(6)3-1-7-2-8-3/h3H,1-2H2. The van der Waals surface area contributed by atoms with Crippen molar-refractivity contribution in [3.8, 4) is 0 Å². The zero-order chi connectivity index (χ0) is 5.98. The van der Waals surface area contributed by atoms with Gasteiger partial charge < -0.3 is 0 Å². The van der Waals surface area contributed by atoms with Crippen molar-refractivity contribution in [3.05, 3.63) is 0 Å². The van der Waals surface area contributed by atoms with Crippen molar-refractivity contribution in [2.75, 3.05) is 10.8 Å². The third-order valence-corrected chi connectivity index (χ3v) is 4.09. The van der Waals surface area contributed by atoms with Gasteiger partial charge in [0, 0.05) is 10.8 Å². The molecule has 0 aromatic heterocycles. The van der Waals surface area contributed by atoms with Crippen LogP contribution in [0.15, 0.2) is 0 Å². The third-order valence-electron chi connectivity index (χ3n) is 0.885. The van der Waals surface area contributed by atoms with Gasteiger partial charge in [-0.3, -0.25) is 4.79 Å². The maximum atomic E-state index is 10.4. The van der Waals surface area contributed by atoms with Crippen LogP contribution in [-0.4, -0.2) is 21.2 Å². The largest absolute Gasteiger partial charge is 0.281 e. The number of carbonyl (C=O) groups excluding carboxylic acids is 1. The second-order valence-electron chi connectivity index (χ2n) is 1.46. The van der Waals surface area contributed by atoms with E-state index in [4.69, 9.17) is 0 Å². The van der Waals surface area contributed by atoms with Crippen molar-refractivity contribution in [2.24, 2.45) is 0 Å². The van der Waals surface area contributed by atoms with Crippen molar-refractivity contribution in [1.29, 1.82) is 0 Å². The zero-order valence-electron chi connectivity index (χ0n) is 4.12. The highest BCUT2D eigenvalue weighted by atomic mass is 32.2. The Labute approximate surface area is 62.4 Å². The molecule has 1 atom stereocenters. The van der Waals surface area contributed by atoms with E-state index in [1.54, 1.807) is 23.5 Å². The molecule has 1 unspecified atom stereocenters. The predicted molar refractivity (Wildman–Crippen MR) is 41.3 cm³/mol. The van der Waals surface area contributed by atoms with Crippen LogP contribution in [-0.2, 0) is 4.79 Å². The molecule has 1 fully saturated rings. The fraction of sp³-hybridized carbons (Fsp3) is 0.750. The van der Waals surface area contributed by atoms with Gasteiger partial charge in [-0.2, -0.15) is 0 Å². The first-order valence-electron chi connectivity index (χ1n) is 2.21. The van der Waals surface area contributed by atoms with Gasteiger partial charge in [-0.1, -0.05) is 0 Å². The van der Waals surface area contributed by atoms with Gasteiger partial charge in [0.25, 0.3) is 0 Å². The van der Waals surface area contributed by atoms with Crippen molar-refractivity contribution in [1.82, 2.24) is 0 Å². The summed E-state index contributed by atoms with van der Waals surface area (Å²) in [6, 6.07) is 0. The van der Waals surface area contributed by atoms with E-state index in [1.807, 2.05) is 0 Å². The fourth-order valence-corrected chi connectivity index (χ4v) is 3.46. The second kappa shape index (κ2) is 2.94. The lowest BCUT2D eigenvalue weighted by Crippen LogP contribution is -2.09. The lowest BCUT2D eigenvalue weighted by molar-refractivity contribution is -0.110. The highest BCUT2D eigenvalue weighted by Gasteiger charge is 2.21. The number of rotatable bonds is 1. The molecule has 8 heavy (non-hydrogen) atoms. The molecular formula is C4H5OS3. The van der Waals surface area contributed by atoms with Crippen LogP contribution < -0.4 is 0 Å². The second-order valence-corrected chi connectivity index (χ2v) is 4.45. The first-order chi connectivity index (χ1) is 3.80. The van der Waals surface area contributed by atoms with Crippen LogP contribution in [0.3, 0.4) is 0 Å². The molecule has 1 rings (SSSR count). The topological polar surface area (TPSA) is 17.1 Å². The van der Waals surface area contributed by atoms with E-state index in [2.05, 4.69) is 12.6 Å². The Morgan fingerprint density at radius 2 is 2.50 bits per heavy atom. The number of thioether (sulfide) groups is 2. The molecule has 1 saturated heterocycles. The van der Waals surface area contributed by atoms with E-state index in [-0.39, 0.29) is 10.4 Å². The highest BCUT2D eigenvalue weighted by molar-refractivity contribution is 8.20.